The van der Waals surface area contributed by atoms with Crippen molar-refractivity contribution in [2.24, 2.45) is 0 Å². The Morgan fingerprint density at radius 1 is 1.33 bits per heavy atom. The number of rotatable bonds is 4. The Kier molecular flexibility index (Phi) is 3.34. The van der Waals surface area contributed by atoms with Gasteiger partial charge in [-0.2, -0.15) is 4.98 Å². The van der Waals surface area contributed by atoms with E-state index in [1.807, 2.05) is 6.92 Å². The van der Waals surface area contributed by atoms with Crippen LogP contribution in [0.25, 0.3) is 11.2 Å². The third kappa shape index (κ3) is 2.50. The maximum Gasteiger partial charge on any atom is 0.376 e. The summed E-state index contributed by atoms with van der Waals surface area (Å²) in [5.41, 5.74) is 5.35. The number of fused-ring (bicyclic) bond motifs is 1. The number of unbranched alkanes of at least 4 members (excludes halogenated alkanes) is 1. The average molecular weight is 271 g/mol. The molecule has 2 heterocycles. The largest absolute Gasteiger partial charge is 0.376 e. The molecule has 0 spiro atoms. The number of nitrogen functional groups attached to an aromatic ring is 1. The number of aryl methyl sites for hydroxylation is 1. The van der Waals surface area contributed by atoms with E-state index in [4.69, 9.17) is 5.73 Å². The van der Waals surface area contributed by atoms with Gasteiger partial charge in [0.2, 0.25) is 5.95 Å². The summed E-state index contributed by atoms with van der Waals surface area (Å²) in [6.45, 7) is 2.04. The number of hydrogen-bond donors (Lipinski definition) is 4. The molecule has 2 rings (SSSR count). The highest BCUT2D eigenvalue weighted by molar-refractivity contribution is 7.60. The van der Waals surface area contributed by atoms with Gasteiger partial charge >= 0.3 is 7.60 Å². The Morgan fingerprint density at radius 3 is 2.67 bits per heavy atom. The molecule has 0 aliphatic heterocycles. The molecule has 0 unspecified atom stereocenters. The highest BCUT2D eigenvalue weighted by Gasteiger charge is 2.26. The molecule has 0 bridgehead atoms. The van der Waals surface area contributed by atoms with E-state index in [1.54, 1.807) is 0 Å². The number of H-pyrrole nitrogens is 1. The van der Waals surface area contributed by atoms with Gasteiger partial charge in [0.15, 0.2) is 11.1 Å². The third-order valence-corrected chi connectivity index (χ3v) is 3.32. The van der Waals surface area contributed by atoms with E-state index in [0.717, 1.165) is 12.8 Å². The summed E-state index contributed by atoms with van der Waals surface area (Å²) in [5, 5.41) is 0. The first kappa shape index (κ1) is 12.9. The minimum Gasteiger partial charge on any atom is -0.368 e. The quantitative estimate of drug-likeness (QED) is 0.577. The molecule has 0 saturated carbocycles. The van der Waals surface area contributed by atoms with Crippen LogP contribution in [0.2, 0.25) is 0 Å². The number of aromatic amines is 1. The van der Waals surface area contributed by atoms with Gasteiger partial charge in [-0.15, -0.1) is 0 Å². The third-order valence-electron chi connectivity index (χ3n) is 2.44. The van der Waals surface area contributed by atoms with Gasteiger partial charge in [-0.1, -0.05) is 13.3 Å². The van der Waals surface area contributed by atoms with Crippen molar-refractivity contribution in [2.45, 2.75) is 26.2 Å². The standard InChI is InChI=1S/C9H14N5O3P/c1-2-3-4-5-11-6-7(12-5)13-9(10)14-8(6)18(15,16)17/h2-4H2,1H3,(H2,15,16,17)(H3,10,11,12,13,14). The van der Waals surface area contributed by atoms with E-state index >= 15 is 0 Å². The van der Waals surface area contributed by atoms with E-state index in [1.165, 1.54) is 0 Å². The molecule has 0 aromatic carbocycles. The second-order valence-corrected chi connectivity index (χ2v) is 5.45. The molecule has 0 radical (unpaired) electrons. The number of anilines is 1. The molecule has 2 aromatic rings. The van der Waals surface area contributed by atoms with E-state index in [0.29, 0.717) is 12.2 Å². The van der Waals surface area contributed by atoms with Crippen LogP contribution in [-0.2, 0) is 11.0 Å². The van der Waals surface area contributed by atoms with Gasteiger partial charge in [-0.05, 0) is 6.42 Å². The molecule has 18 heavy (non-hydrogen) atoms. The predicted octanol–water partition coefficient (Wildman–Crippen LogP) is 0.0807. The summed E-state index contributed by atoms with van der Waals surface area (Å²) in [5.74, 6) is 0.427. The minimum atomic E-state index is -4.51. The molecular formula is C9H14N5O3P. The van der Waals surface area contributed by atoms with Crippen molar-refractivity contribution in [3.63, 3.8) is 0 Å². The van der Waals surface area contributed by atoms with Gasteiger partial charge in [0.25, 0.3) is 0 Å². The van der Waals surface area contributed by atoms with E-state index < -0.39 is 13.0 Å². The van der Waals surface area contributed by atoms with Crippen LogP contribution < -0.4 is 11.2 Å². The zero-order valence-corrected chi connectivity index (χ0v) is 10.7. The van der Waals surface area contributed by atoms with Crippen LogP contribution in [0.3, 0.4) is 0 Å². The Balaban J connectivity index is 2.57. The zero-order chi connectivity index (χ0) is 13.3. The number of nitrogens with zero attached hydrogens (tertiary/aromatic N) is 3. The molecule has 0 aliphatic rings. The lowest BCUT2D eigenvalue weighted by atomic mass is 10.2. The fourth-order valence-corrected chi connectivity index (χ4v) is 2.30. The lowest BCUT2D eigenvalue weighted by molar-refractivity contribution is 0.386. The van der Waals surface area contributed by atoms with Crippen LogP contribution >= 0.6 is 7.60 Å². The fraction of sp³-hybridized carbons (Fsp3) is 0.444. The number of imidazole rings is 1. The topological polar surface area (TPSA) is 138 Å². The maximum absolute atomic E-state index is 11.3. The number of aromatic nitrogens is 4. The van der Waals surface area contributed by atoms with Crippen molar-refractivity contribution in [1.29, 1.82) is 0 Å². The highest BCUT2D eigenvalue weighted by Crippen LogP contribution is 2.34. The first-order valence-electron chi connectivity index (χ1n) is 5.50. The average Bonchev–Trinajstić information content (AvgIpc) is 2.66. The molecule has 0 amide bonds. The molecule has 5 N–H and O–H groups in total. The summed E-state index contributed by atoms with van der Waals surface area (Å²) in [6.07, 6.45) is 2.61. The van der Waals surface area contributed by atoms with Crippen LogP contribution in [-0.4, -0.2) is 29.7 Å². The zero-order valence-electron chi connectivity index (χ0n) is 9.79. The van der Waals surface area contributed by atoms with Crippen LogP contribution in [0.5, 0.6) is 0 Å². The van der Waals surface area contributed by atoms with Gasteiger partial charge in [0.05, 0.1) is 0 Å². The van der Waals surface area contributed by atoms with E-state index in [2.05, 4.69) is 19.9 Å². The fourth-order valence-electron chi connectivity index (χ4n) is 1.62. The van der Waals surface area contributed by atoms with Gasteiger partial charge in [0.1, 0.15) is 11.3 Å². The summed E-state index contributed by atoms with van der Waals surface area (Å²) in [6, 6.07) is 0. The summed E-state index contributed by atoms with van der Waals surface area (Å²) in [4.78, 5) is 32.9. The minimum absolute atomic E-state index is 0.156. The second-order valence-electron chi connectivity index (χ2n) is 3.94. The van der Waals surface area contributed by atoms with Crippen LogP contribution in [0.4, 0.5) is 5.95 Å². The van der Waals surface area contributed by atoms with Gasteiger partial charge in [0, 0.05) is 6.42 Å². The smallest absolute Gasteiger partial charge is 0.368 e. The van der Waals surface area contributed by atoms with Crippen molar-refractivity contribution < 1.29 is 14.4 Å². The van der Waals surface area contributed by atoms with Gasteiger partial charge in [-0.3, -0.25) is 4.57 Å². The normalized spacial score (nSPS) is 12.2. The van der Waals surface area contributed by atoms with Gasteiger partial charge < -0.3 is 20.5 Å². The van der Waals surface area contributed by atoms with Crippen molar-refractivity contribution in [3.05, 3.63) is 5.82 Å². The Labute approximate surface area is 103 Å². The van der Waals surface area contributed by atoms with Crippen LogP contribution in [0.1, 0.15) is 25.6 Å². The molecule has 8 nitrogen and oxygen atoms in total. The lowest BCUT2D eigenvalue weighted by Gasteiger charge is -2.03. The monoisotopic (exact) mass is 271 g/mol. The first-order valence-corrected chi connectivity index (χ1v) is 7.11. The molecule has 9 heteroatoms. The molecule has 0 fully saturated rings. The number of hydrogen-bond acceptors (Lipinski definition) is 5. The Hall–Kier alpha value is -1.50. The molecule has 0 atom stereocenters. The van der Waals surface area contributed by atoms with Crippen LogP contribution in [0, 0.1) is 0 Å². The lowest BCUT2D eigenvalue weighted by Crippen LogP contribution is -2.14. The number of nitrogens with two attached hydrogens (primary N) is 1. The van der Waals surface area contributed by atoms with Gasteiger partial charge in [-0.25, -0.2) is 9.97 Å². The molecular weight excluding hydrogens is 257 g/mol. The summed E-state index contributed by atoms with van der Waals surface area (Å²) in [7, 11) is -4.51. The Bertz CT molecular complexity index is 620. The highest BCUT2D eigenvalue weighted by atomic mass is 31.2. The van der Waals surface area contributed by atoms with Crippen molar-refractivity contribution in [3.8, 4) is 0 Å². The van der Waals surface area contributed by atoms with E-state index in [9.17, 15) is 14.4 Å². The summed E-state index contributed by atoms with van der Waals surface area (Å²) < 4.78 is 11.3. The molecule has 2 aromatic heterocycles. The molecule has 0 saturated heterocycles. The second kappa shape index (κ2) is 4.64. The predicted molar refractivity (Wildman–Crippen MR) is 66.4 cm³/mol. The van der Waals surface area contributed by atoms with Crippen molar-refractivity contribution in [1.82, 2.24) is 19.9 Å². The SMILES string of the molecule is CCCCc1nc2nc(N)nc(P(=O)(O)O)c2[nH]1. The maximum atomic E-state index is 11.3. The van der Waals surface area contributed by atoms with E-state index in [-0.39, 0.29) is 17.1 Å². The molecule has 0 aliphatic carbocycles. The first-order chi connectivity index (χ1) is 8.41. The Morgan fingerprint density at radius 2 is 2.06 bits per heavy atom. The van der Waals surface area contributed by atoms with Crippen molar-refractivity contribution >= 4 is 30.1 Å². The number of nitrogens with one attached hydrogen (secondary N) is 1. The van der Waals surface area contributed by atoms with Crippen LogP contribution in [0.15, 0.2) is 0 Å². The summed E-state index contributed by atoms with van der Waals surface area (Å²) >= 11 is 0. The molecule has 98 valence electrons. The van der Waals surface area contributed by atoms with Crippen molar-refractivity contribution in [2.75, 3.05) is 5.73 Å².